The molecule has 0 aliphatic heterocycles. The number of fused-ring (bicyclic) bond motifs is 1. The molecule has 0 atom stereocenters. The maximum absolute atomic E-state index is 13.0. The van der Waals surface area contributed by atoms with Gasteiger partial charge in [0.1, 0.15) is 0 Å². The minimum Gasteiger partial charge on any atom is -0.335 e. The van der Waals surface area contributed by atoms with Crippen LogP contribution in [0.15, 0.2) is 53.6 Å². The number of benzene rings is 2. The normalized spacial score (nSPS) is 13.7. The van der Waals surface area contributed by atoms with Crippen LogP contribution >= 0.6 is 0 Å². The molecule has 1 aliphatic carbocycles. The Bertz CT molecular complexity index is 1130. The van der Waals surface area contributed by atoms with Crippen molar-refractivity contribution < 1.29 is 4.79 Å². The lowest BCUT2D eigenvalue weighted by molar-refractivity contribution is -0.132. The van der Waals surface area contributed by atoms with Crippen LogP contribution in [0.4, 0.5) is 0 Å². The molecule has 1 heterocycles. The van der Waals surface area contributed by atoms with Crippen molar-refractivity contribution in [1.82, 2.24) is 14.5 Å². The number of nitrogens with zero attached hydrogens (tertiary/aromatic N) is 3. The van der Waals surface area contributed by atoms with Crippen LogP contribution in [0, 0.1) is 6.92 Å². The Morgan fingerprint density at radius 1 is 1.16 bits per heavy atom. The number of aryl methyl sites for hydroxylation is 2. The second-order valence-corrected chi connectivity index (χ2v) is 8.97. The zero-order valence-corrected chi connectivity index (χ0v) is 18.7. The van der Waals surface area contributed by atoms with Crippen LogP contribution in [-0.2, 0) is 17.9 Å². The lowest BCUT2D eigenvalue weighted by Crippen LogP contribution is -2.32. The van der Waals surface area contributed by atoms with Gasteiger partial charge in [-0.2, -0.15) is 0 Å². The fraction of sp³-hybridized carbons (Fsp3) is 0.423. The zero-order valence-electron chi connectivity index (χ0n) is 18.7. The van der Waals surface area contributed by atoms with Gasteiger partial charge in [-0.05, 0) is 54.9 Å². The maximum Gasteiger partial charge on any atom is 0.261 e. The van der Waals surface area contributed by atoms with Crippen molar-refractivity contribution in [2.24, 2.45) is 0 Å². The first-order valence-electron chi connectivity index (χ1n) is 11.3. The van der Waals surface area contributed by atoms with E-state index < -0.39 is 0 Å². The van der Waals surface area contributed by atoms with Gasteiger partial charge in [0.05, 0.1) is 17.2 Å². The molecule has 31 heavy (non-hydrogen) atoms. The molecule has 1 fully saturated rings. The smallest absolute Gasteiger partial charge is 0.261 e. The van der Waals surface area contributed by atoms with Crippen molar-refractivity contribution in [2.45, 2.75) is 71.5 Å². The SMILES string of the molecule is Cc1cccc2c(=O)n(CCCC(=O)N(Cc3ccc(C(C)C)cc3)C3CC3)cnc12. The molecule has 0 unspecified atom stereocenters. The summed E-state index contributed by atoms with van der Waals surface area (Å²) in [5.41, 5.74) is 4.21. The van der Waals surface area contributed by atoms with Crippen molar-refractivity contribution in [2.75, 3.05) is 0 Å². The van der Waals surface area contributed by atoms with E-state index in [-0.39, 0.29) is 11.5 Å². The molecule has 1 aliphatic rings. The highest BCUT2D eigenvalue weighted by Crippen LogP contribution is 2.29. The Labute approximate surface area is 183 Å². The third-order valence-corrected chi connectivity index (χ3v) is 6.15. The number of para-hydroxylation sites is 1. The zero-order chi connectivity index (χ0) is 22.0. The maximum atomic E-state index is 13.0. The number of carbonyl (C=O) groups is 1. The highest BCUT2D eigenvalue weighted by molar-refractivity contribution is 5.80. The average molecular weight is 418 g/mol. The van der Waals surface area contributed by atoms with Crippen LogP contribution in [0.2, 0.25) is 0 Å². The molecule has 5 heteroatoms. The lowest BCUT2D eigenvalue weighted by Gasteiger charge is -2.23. The summed E-state index contributed by atoms with van der Waals surface area (Å²) in [5.74, 6) is 0.681. The molecule has 2 aromatic carbocycles. The number of amides is 1. The van der Waals surface area contributed by atoms with E-state index in [1.807, 2.05) is 30.0 Å². The van der Waals surface area contributed by atoms with Crippen LogP contribution < -0.4 is 5.56 Å². The number of hydrogen-bond acceptors (Lipinski definition) is 3. The van der Waals surface area contributed by atoms with Gasteiger partial charge in [-0.15, -0.1) is 0 Å². The fourth-order valence-corrected chi connectivity index (χ4v) is 4.05. The van der Waals surface area contributed by atoms with E-state index in [4.69, 9.17) is 0 Å². The summed E-state index contributed by atoms with van der Waals surface area (Å²) in [6, 6.07) is 14.6. The summed E-state index contributed by atoms with van der Waals surface area (Å²) in [6.07, 6.45) is 4.86. The minimum absolute atomic E-state index is 0.0366. The van der Waals surface area contributed by atoms with Crippen molar-refractivity contribution in [3.63, 3.8) is 0 Å². The van der Waals surface area contributed by atoms with Gasteiger partial charge in [-0.1, -0.05) is 50.2 Å². The average Bonchev–Trinajstić information content (AvgIpc) is 3.59. The van der Waals surface area contributed by atoms with E-state index in [1.54, 1.807) is 10.9 Å². The van der Waals surface area contributed by atoms with Gasteiger partial charge >= 0.3 is 0 Å². The molecule has 1 aromatic heterocycles. The van der Waals surface area contributed by atoms with E-state index in [9.17, 15) is 9.59 Å². The van der Waals surface area contributed by atoms with Gasteiger partial charge in [0.2, 0.25) is 5.91 Å². The summed E-state index contributed by atoms with van der Waals surface area (Å²) < 4.78 is 1.63. The predicted octanol–water partition coefficient (Wildman–Crippen LogP) is 4.80. The number of aromatic nitrogens is 2. The first-order chi connectivity index (χ1) is 14.9. The lowest BCUT2D eigenvalue weighted by atomic mass is 10.0. The number of carbonyl (C=O) groups excluding carboxylic acids is 1. The van der Waals surface area contributed by atoms with Crippen LogP contribution in [0.1, 0.15) is 62.1 Å². The third kappa shape index (κ3) is 4.87. The van der Waals surface area contributed by atoms with Crippen molar-refractivity contribution in [3.05, 3.63) is 75.8 Å². The van der Waals surface area contributed by atoms with E-state index in [0.29, 0.717) is 43.3 Å². The van der Waals surface area contributed by atoms with Crippen molar-refractivity contribution in [1.29, 1.82) is 0 Å². The Morgan fingerprint density at radius 3 is 2.58 bits per heavy atom. The highest BCUT2D eigenvalue weighted by Gasteiger charge is 2.32. The van der Waals surface area contributed by atoms with Crippen molar-refractivity contribution in [3.8, 4) is 0 Å². The van der Waals surface area contributed by atoms with Gasteiger partial charge in [-0.3, -0.25) is 14.2 Å². The molecule has 4 rings (SSSR count). The monoisotopic (exact) mass is 417 g/mol. The topological polar surface area (TPSA) is 55.2 Å². The molecule has 0 spiro atoms. The quantitative estimate of drug-likeness (QED) is 0.529. The molecule has 1 amide bonds. The summed E-state index contributed by atoms with van der Waals surface area (Å²) in [5, 5.41) is 0.637. The first kappa shape index (κ1) is 21.3. The van der Waals surface area contributed by atoms with Crippen molar-refractivity contribution >= 4 is 16.8 Å². The summed E-state index contributed by atoms with van der Waals surface area (Å²) >= 11 is 0. The number of hydrogen-bond donors (Lipinski definition) is 0. The minimum atomic E-state index is -0.0366. The Morgan fingerprint density at radius 2 is 1.90 bits per heavy atom. The van der Waals surface area contributed by atoms with Crippen LogP contribution in [0.5, 0.6) is 0 Å². The molecular formula is C26H31N3O2. The van der Waals surface area contributed by atoms with E-state index in [2.05, 4.69) is 43.1 Å². The molecule has 0 radical (unpaired) electrons. The van der Waals surface area contributed by atoms with Crippen LogP contribution in [-0.4, -0.2) is 26.4 Å². The summed E-state index contributed by atoms with van der Waals surface area (Å²) in [7, 11) is 0. The molecule has 0 bridgehead atoms. The summed E-state index contributed by atoms with van der Waals surface area (Å²) in [6.45, 7) is 7.50. The second kappa shape index (κ2) is 9.04. The Balaban J connectivity index is 1.38. The molecule has 162 valence electrons. The third-order valence-electron chi connectivity index (χ3n) is 6.15. The van der Waals surface area contributed by atoms with Gasteiger partial charge < -0.3 is 4.90 Å². The Hall–Kier alpha value is -2.95. The van der Waals surface area contributed by atoms with Gasteiger partial charge in [0.15, 0.2) is 0 Å². The number of rotatable bonds is 8. The van der Waals surface area contributed by atoms with Gasteiger partial charge in [0, 0.05) is 25.6 Å². The molecule has 0 N–H and O–H groups in total. The van der Waals surface area contributed by atoms with Crippen LogP contribution in [0.3, 0.4) is 0 Å². The fourth-order valence-electron chi connectivity index (χ4n) is 4.05. The second-order valence-electron chi connectivity index (χ2n) is 8.97. The molecule has 1 saturated carbocycles. The van der Waals surface area contributed by atoms with E-state index in [0.717, 1.165) is 23.9 Å². The van der Waals surface area contributed by atoms with Gasteiger partial charge in [-0.25, -0.2) is 4.98 Å². The molecule has 5 nitrogen and oxygen atoms in total. The van der Waals surface area contributed by atoms with Crippen LogP contribution in [0.25, 0.3) is 10.9 Å². The molecule has 0 saturated heterocycles. The largest absolute Gasteiger partial charge is 0.335 e. The standard InChI is InChI=1S/C26H31N3O2/c1-18(2)21-11-9-20(10-12-21)16-29(22-13-14-22)24(30)8-5-15-28-17-27-25-19(3)6-4-7-23(25)26(28)31/h4,6-7,9-12,17-18,22H,5,8,13-16H2,1-3H3. The summed E-state index contributed by atoms with van der Waals surface area (Å²) in [4.78, 5) is 32.2. The predicted molar refractivity (Wildman–Crippen MR) is 124 cm³/mol. The Kier molecular flexibility index (Phi) is 6.21. The van der Waals surface area contributed by atoms with E-state index >= 15 is 0 Å². The molecular weight excluding hydrogens is 386 g/mol. The first-order valence-corrected chi connectivity index (χ1v) is 11.3. The molecule has 3 aromatic rings. The highest BCUT2D eigenvalue weighted by atomic mass is 16.2. The van der Waals surface area contributed by atoms with E-state index in [1.165, 1.54) is 11.1 Å². The van der Waals surface area contributed by atoms with Gasteiger partial charge in [0.25, 0.3) is 5.56 Å².